The quantitative estimate of drug-likeness (QED) is 0.455. The van der Waals surface area contributed by atoms with E-state index >= 15 is 0 Å². The number of allylic oxidation sites excluding steroid dienone is 2. The predicted molar refractivity (Wildman–Crippen MR) is 39.1 cm³/mol. The van der Waals surface area contributed by atoms with Crippen molar-refractivity contribution in [2.45, 2.75) is 19.8 Å². The third kappa shape index (κ3) is 1.70. The van der Waals surface area contributed by atoms with Crippen molar-refractivity contribution in [2.24, 2.45) is 4.40 Å². The second kappa shape index (κ2) is 2.92. The Morgan fingerprint density at radius 2 is 2.50 bits per heavy atom. The van der Waals surface area contributed by atoms with Gasteiger partial charge in [0, 0.05) is 23.1 Å². The summed E-state index contributed by atoms with van der Waals surface area (Å²) >= 11 is 1.57. The Bertz CT molecular complexity index is 126. The minimum Gasteiger partial charge on any atom is -0.224 e. The first-order valence-corrected chi connectivity index (χ1v) is 3.52. The van der Waals surface area contributed by atoms with Crippen molar-refractivity contribution >= 4 is 18.2 Å². The highest BCUT2D eigenvalue weighted by Gasteiger charge is 1.90. The maximum atomic E-state index is 4.08. The van der Waals surface area contributed by atoms with Crippen molar-refractivity contribution in [2.75, 3.05) is 0 Å². The van der Waals surface area contributed by atoms with Crippen LogP contribution in [0.15, 0.2) is 15.4 Å². The highest BCUT2D eigenvalue weighted by atomic mass is 32.2. The van der Waals surface area contributed by atoms with E-state index in [1.54, 1.807) is 11.9 Å². The van der Waals surface area contributed by atoms with Crippen LogP contribution in [-0.2, 0) is 0 Å². The van der Waals surface area contributed by atoms with Crippen LogP contribution in [0.2, 0.25) is 0 Å². The molecule has 8 heavy (non-hydrogen) atoms. The van der Waals surface area contributed by atoms with E-state index in [1.807, 2.05) is 6.21 Å². The molecule has 1 rings (SSSR count). The fraction of sp³-hybridized carbons (Fsp3) is 0.500. The molecule has 0 bridgehead atoms. The smallest absolute Gasteiger partial charge is 0.0133 e. The van der Waals surface area contributed by atoms with Crippen LogP contribution < -0.4 is 0 Å². The first-order valence-electron chi connectivity index (χ1n) is 2.75. The van der Waals surface area contributed by atoms with E-state index in [0.717, 1.165) is 12.8 Å². The highest BCUT2D eigenvalue weighted by molar-refractivity contribution is 8.01. The van der Waals surface area contributed by atoms with Gasteiger partial charge in [0.05, 0.1) is 0 Å². The maximum Gasteiger partial charge on any atom is 0.0133 e. The number of hydrogen-bond acceptors (Lipinski definition) is 2. The first-order chi connectivity index (χ1) is 3.89. The fourth-order valence-corrected chi connectivity index (χ4v) is 1.11. The first kappa shape index (κ1) is 5.89. The average Bonchev–Trinajstić information content (AvgIpc) is 1.94. The molecular weight excluding hydrogens is 118 g/mol. The molecule has 0 atom stereocenters. The van der Waals surface area contributed by atoms with Gasteiger partial charge in [-0.25, -0.2) is 4.40 Å². The van der Waals surface area contributed by atoms with Crippen molar-refractivity contribution in [1.29, 1.82) is 0 Å². The Hall–Kier alpha value is -0.240. The normalized spacial score (nSPS) is 19.9. The molecule has 2 heteroatoms. The molecule has 0 aromatic heterocycles. The van der Waals surface area contributed by atoms with Crippen LogP contribution in [0.1, 0.15) is 19.8 Å². The molecule has 0 fully saturated rings. The zero-order chi connectivity index (χ0) is 5.82. The summed E-state index contributed by atoms with van der Waals surface area (Å²) in [4.78, 5) is 1.32. The SMILES string of the molecule is CC1=CCCC=NS1. The van der Waals surface area contributed by atoms with Gasteiger partial charge in [-0.2, -0.15) is 0 Å². The summed E-state index contributed by atoms with van der Waals surface area (Å²) in [6.07, 6.45) is 6.45. The van der Waals surface area contributed by atoms with Crippen molar-refractivity contribution in [1.82, 2.24) is 0 Å². The second-order valence-corrected chi connectivity index (χ2v) is 2.81. The zero-order valence-electron chi connectivity index (χ0n) is 4.92. The molecule has 0 spiro atoms. The van der Waals surface area contributed by atoms with Gasteiger partial charge in [-0.15, -0.1) is 0 Å². The number of hydrogen-bond donors (Lipinski definition) is 0. The molecular formula is C6H9NS. The van der Waals surface area contributed by atoms with Crippen LogP contribution in [-0.4, -0.2) is 6.21 Å². The maximum absolute atomic E-state index is 4.08. The van der Waals surface area contributed by atoms with Gasteiger partial charge < -0.3 is 0 Å². The summed E-state index contributed by atoms with van der Waals surface area (Å²) < 4.78 is 4.08. The molecule has 0 amide bonds. The molecule has 0 N–H and O–H groups in total. The summed E-state index contributed by atoms with van der Waals surface area (Å²) in [5, 5.41) is 0. The molecule has 1 nitrogen and oxygen atoms in total. The molecule has 0 saturated heterocycles. The van der Waals surface area contributed by atoms with E-state index in [4.69, 9.17) is 0 Å². The Morgan fingerprint density at radius 1 is 1.62 bits per heavy atom. The van der Waals surface area contributed by atoms with Crippen LogP contribution in [0.4, 0.5) is 0 Å². The van der Waals surface area contributed by atoms with E-state index in [9.17, 15) is 0 Å². The molecule has 1 aliphatic heterocycles. The standard InChI is InChI=1S/C6H9NS/c1-6-4-2-3-5-7-8-6/h4-5H,2-3H2,1H3. The van der Waals surface area contributed by atoms with Crippen molar-refractivity contribution < 1.29 is 0 Å². The Morgan fingerprint density at radius 3 is 3.38 bits per heavy atom. The summed E-state index contributed by atoms with van der Waals surface area (Å²) in [6, 6.07) is 0. The van der Waals surface area contributed by atoms with Gasteiger partial charge in [-0.3, -0.25) is 0 Å². The lowest BCUT2D eigenvalue weighted by Crippen LogP contribution is -1.66. The van der Waals surface area contributed by atoms with Crippen LogP contribution in [0.25, 0.3) is 0 Å². The molecule has 1 heterocycles. The Kier molecular flexibility index (Phi) is 2.15. The third-order valence-electron chi connectivity index (χ3n) is 0.999. The van der Waals surface area contributed by atoms with Crippen LogP contribution >= 0.6 is 11.9 Å². The minimum absolute atomic E-state index is 1.10. The molecule has 44 valence electrons. The lowest BCUT2D eigenvalue weighted by atomic mass is 10.3. The lowest BCUT2D eigenvalue weighted by Gasteiger charge is -1.85. The van der Waals surface area contributed by atoms with E-state index in [0.29, 0.717) is 0 Å². The van der Waals surface area contributed by atoms with E-state index in [-0.39, 0.29) is 0 Å². The van der Waals surface area contributed by atoms with E-state index in [2.05, 4.69) is 17.4 Å². The second-order valence-electron chi connectivity index (χ2n) is 1.77. The van der Waals surface area contributed by atoms with Crippen molar-refractivity contribution in [3.8, 4) is 0 Å². The summed E-state index contributed by atoms with van der Waals surface area (Å²) in [7, 11) is 0. The number of rotatable bonds is 0. The minimum atomic E-state index is 1.10. The van der Waals surface area contributed by atoms with Gasteiger partial charge in [0.2, 0.25) is 0 Å². The zero-order valence-corrected chi connectivity index (χ0v) is 5.74. The van der Waals surface area contributed by atoms with Gasteiger partial charge in [0.1, 0.15) is 0 Å². The molecule has 0 unspecified atom stereocenters. The fourth-order valence-electron chi connectivity index (χ4n) is 0.572. The van der Waals surface area contributed by atoms with Crippen molar-refractivity contribution in [3.05, 3.63) is 11.0 Å². The monoisotopic (exact) mass is 127 g/mol. The number of nitrogens with zero attached hydrogens (tertiary/aromatic N) is 1. The molecule has 1 aliphatic rings. The van der Waals surface area contributed by atoms with Gasteiger partial charge in [0.15, 0.2) is 0 Å². The topological polar surface area (TPSA) is 12.4 Å². The van der Waals surface area contributed by atoms with Gasteiger partial charge >= 0.3 is 0 Å². The largest absolute Gasteiger partial charge is 0.224 e. The van der Waals surface area contributed by atoms with Crippen LogP contribution in [0.5, 0.6) is 0 Å². The summed E-state index contributed by atoms with van der Waals surface area (Å²) in [5.41, 5.74) is 0. The summed E-state index contributed by atoms with van der Waals surface area (Å²) in [5.74, 6) is 0. The van der Waals surface area contributed by atoms with Crippen molar-refractivity contribution in [3.63, 3.8) is 0 Å². The van der Waals surface area contributed by atoms with Gasteiger partial charge in [0.25, 0.3) is 0 Å². The molecule has 0 aromatic rings. The Balaban J connectivity index is 2.51. The molecule has 0 aromatic carbocycles. The van der Waals surface area contributed by atoms with E-state index < -0.39 is 0 Å². The Labute approximate surface area is 54.0 Å². The predicted octanol–water partition coefficient (Wildman–Crippen LogP) is 2.40. The highest BCUT2D eigenvalue weighted by Crippen LogP contribution is 2.18. The van der Waals surface area contributed by atoms with Gasteiger partial charge in [-0.1, -0.05) is 6.08 Å². The molecule has 0 radical (unpaired) electrons. The summed E-state index contributed by atoms with van der Waals surface area (Å²) in [6.45, 7) is 2.09. The molecule has 0 aliphatic carbocycles. The lowest BCUT2D eigenvalue weighted by molar-refractivity contribution is 1.12. The van der Waals surface area contributed by atoms with Gasteiger partial charge in [-0.05, 0) is 19.8 Å². The third-order valence-corrected chi connectivity index (χ3v) is 1.71. The average molecular weight is 127 g/mol. The van der Waals surface area contributed by atoms with Crippen LogP contribution in [0, 0.1) is 0 Å². The van der Waals surface area contributed by atoms with E-state index in [1.165, 1.54) is 4.91 Å². The molecule has 0 saturated carbocycles. The van der Waals surface area contributed by atoms with Crippen LogP contribution in [0.3, 0.4) is 0 Å².